The Bertz CT molecular complexity index is 631. The molecule has 1 aliphatic heterocycles. The van der Waals surface area contributed by atoms with Crippen molar-refractivity contribution in [1.82, 2.24) is 4.90 Å². The number of nitrogens with zero attached hydrogens (tertiary/aromatic N) is 1. The number of benzene rings is 1. The first-order valence-corrected chi connectivity index (χ1v) is 8.60. The summed E-state index contributed by atoms with van der Waals surface area (Å²) < 4.78 is 6.39. The number of thiocarbonyl (C=S) groups is 1. The Hall–Kier alpha value is -0.800. The maximum Gasteiger partial charge on any atom is 0.266 e. The molecule has 1 fully saturated rings. The van der Waals surface area contributed by atoms with Crippen molar-refractivity contribution in [3.05, 3.63) is 26.2 Å². The topological polar surface area (TPSA) is 49.8 Å². The summed E-state index contributed by atoms with van der Waals surface area (Å²) in [5.41, 5.74) is 0.797. The largest absolute Gasteiger partial charge is 0.504 e. The third kappa shape index (κ3) is 3.51. The number of phenols is 1. The molecule has 0 saturated carbocycles. The molecule has 0 radical (unpaired) electrons. The molecule has 1 N–H and O–H groups in total. The van der Waals surface area contributed by atoms with Gasteiger partial charge >= 0.3 is 0 Å². The van der Waals surface area contributed by atoms with Gasteiger partial charge < -0.3 is 9.84 Å². The lowest BCUT2D eigenvalue weighted by molar-refractivity contribution is -0.122. The first-order valence-electron chi connectivity index (χ1n) is 6.29. The van der Waals surface area contributed by atoms with E-state index in [0.29, 0.717) is 25.1 Å². The zero-order valence-electron chi connectivity index (χ0n) is 11.6. The zero-order valence-corrected chi connectivity index (χ0v) is 15.3. The fraction of sp³-hybridized carbons (Fsp3) is 0.286. The highest BCUT2D eigenvalue weighted by Gasteiger charge is 2.31. The Morgan fingerprint density at radius 3 is 2.86 bits per heavy atom. The van der Waals surface area contributed by atoms with Crippen molar-refractivity contribution in [2.75, 3.05) is 13.7 Å². The van der Waals surface area contributed by atoms with Crippen LogP contribution in [0.1, 0.15) is 18.9 Å². The van der Waals surface area contributed by atoms with Crippen molar-refractivity contribution in [1.29, 1.82) is 0 Å². The van der Waals surface area contributed by atoms with Gasteiger partial charge in [0.15, 0.2) is 11.5 Å². The maximum atomic E-state index is 12.3. The highest BCUT2D eigenvalue weighted by Crippen LogP contribution is 2.36. The van der Waals surface area contributed by atoms with Crippen LogP contribution in [0.2, 0.25) is 0 Å². The van der Waals surface area contributed by atoms with Gasteiger partial charge in [0, 0.05) is 6.54 Å². The van der Waals surface area contributed by atoms with Crippen LogP contribution in [-0.2, 0) is 4.79 Å². The van der Waals surface area contributed by atoms with Gasteiger partial charge in [0.2, 0.25) is 0 Å². The standard InChI is InChI=1S/C14H14INO3S2/c1-3-4-16-13(18)11(21-14(16)20)7-8-5-9(15)12(17)10(6-8)19-2/h5-7,17H,3-4H2,1-2H3/b11-7-. The molecule has 1 amide bonds. The number of carbonyl (C=O) groups excluding carboxylic acids is 1. The van der Waals surface area contributed by atoms with Gasteiger partial charge in [-0.3, -0.25) is 9.69 Å². The Kier molecular flexibility index (Phi) is 5.50. The number of rotatable bonds is 4. The predicted molar refractivity (Wildman–Crippen MR) is 97.5 cm³/mol. The van der Waals surface area contributed by atoms with Crippen molar-refractivity contribution in [2.45, 2.75) is 13.3 Å². The Labute approximate surface area is 146 Å². The van der Waals surface area contributed by atoms with Crippen LogP contribution in [0, 0.1) is 3.57 Å². The van der Waals surface area contributed by atoms with Crippen LogP contribution in [0.25, 0.3) is 6.08 Å². The van der Waals surface area contributed by atoms with E-state index in [1.165, 1.54) is 18.9 Å². The molecule has 4 nitrogen and oxygen atoms in total. The highest BCUT2D eigenvalue weighted by atomic mass is 127. The summed E-state index contributed by atoms with van der Waals surface area (Å²) in [5.74, 6) is 0.430. The number of hydrogen-bond donors (Lipinski definition) is 1. The average molecular weight is 435 g/mol. The first-order chi connectivity index (χ1) is 9.97. The molecule has 0 atom stereocenters. The summed E-state index contributed by atoms with van der Waals surface area (Å²) >= 11 is 8.56. The molecule has 0 aliphatic carbocycles. The van der Waals surface area contributed by atoms with E-state index in [9.17, 15) is 9.90 Å². The van der Waals surface area contributed by atoms with Gasteiger partial charge in [-0.05, 0) is 52.8 Å². The van der Waals surface area contributed by atoms with E-state index in [0.717, 1.165) is 12.0 Å². The number of halogens is 1. The fourth-order valence-electron chi connectivity index (χ4n) is 1.90. The van der Waals surface area contributed by atoms with E-state index in [4.69, 9.17) is 17.0 Å². The minimum absolute atomic E-state index is 0.0612. The SMILES string of the molecule is CCCN1C(=O)/C(=C/c2cc(I)c(O)c(OC)c2)SC1=S. The molecule has 0 aromatic heterocycles. The van der Waals surface area contributed by atoms with Crippen LogP contribution in [-0.4, -0.2) is 33.9 Å². The highest BCUT2D eigenvalue weighted by molar-refractivity contribution is 14.1. The number of ether oxygens (including phenoxy) is 1. The zero-order chi connectivity index (χ0) is 15.6. The van der Waals surface area contributed by atoms with Crippen molar-refractivity contribution < 1.29 is 14.6 Å². The Morgan fingerprint density at radius 1 is 1.52 bits per heavy atom. The molecule has 7 heteroatoms. The second kappa shape index (κ2) is 6.97. The molecule has 1 heterocycles. The van der Waals surface area contributed by atoms with Crippen LogP contribution >= 0.6 is 46.6 Å². The molecule has 0 bridgehead atoms. The lowest BCUT2D eigenvalue weighted by atomic mass is 10.2. The number of hydrogen-bond acceptors (Lipinski definition) is 5. The number of thioether (sulfide) groups is 1. The van der Waals surface area contributed by atoms with Gasteiger partial charge in [0.05, 0.1) is 15.6 Å². The summed E-state index contributed by atoms with van der Waals surface area (Å²) in [6.45, 7) is 2.65. The van der Waals surface area contributed by atoms with E-state index in [1.54, 1.807) is 23.1 Å². The van der Waals surface area contributed by atoms with E-state index < -0.39 is 0 Å². The summed E-state index contributed by atoms with van der Waals surface area (Å²) in [4.78, 5) is 14.5. The van der Waals surface area contributed by atoms with Gasteiger partial charge in [-0.1, -0.05) is 30.9 Å². The minimum atomic E-state index is -0.0612. The minimum Gasteiger partial charge on any atom is -0.504 e. The van der Waals surface area contributed by atoms with Crippen LogP contribution in [0.4, 0.5) is 0 Å². The molecule has 1 aromatic rings. The summed E-state index contributed by atoms with van der Waals surface area (Å²) in [7, 11) is 1.50. The number of phenolic OH excluding ortho intramolecular Hbond substituents is 1. The molecular formula is C14H14INO3S2. The van der Waals surface area contributed by atoms with Gasteiger partial charge in [-0.25, -0.2) is 0 Å². The van der Waals surface area contributed by atoms with Gasteiger partial charge in [-0.15, -0.1) is 0 Å². The molecular weight excluding hydrogens is 421 g/mol. The van der Waals surface area contributed by atoms with E-state index in [2.05, 4.69) is 0 Å². The molecule has 0 unspecified atom stereocenters. The smallest absolute Gasteiger partial charge is 0.266 e. The quantitative estimate of drug-likeness (QED) is 0.445. The summed E-state index contributed by atoms with van der Waals surface area (Å²) in [5, 5.41) is 9.83. The van der Waals surface area contributed by atoms with Gasteiger partial charge in [0.25, 0.3) is 5.91 Å². The van der Waals surface area contributed by atoms with E-state index in [1.807, 2.05) is 29.5 Å². The molecule has 2 rings (SSSR count). The van der Waals surface area contributed by atoms with Crippen molar-refractivity contribution in [3.63, 3.8) is 0 Å². The van der Waals surface area contributed by atoms with E-state index in [-0.39, 0.29) is 11.7 Å². The van der Waals surface area contributed by atoms with Crippen LogP contribution in [0.5, 0.6) is 11.5 Å². The summed E-state index contributed by atoms with van der Waals surface area (Å²) in [6.07, 6.45) is 2.64. The molecule has 112 valence electrons. The molecule has 0 spiro atoms. The third-order valence-electron chi connectivity index (χ3n) is 2.89. The molecule has 21 heavy (non-hydrogen) atoms. The first kappa shape index (κ1) is 16.6. The second-order valence-electron chi connectivity index (χ2n) is 4.39. The molecule has 1 aliphatic rings. The lowest BCUT2D eigenvalue weighted by Crippen LogP contribution is -2.28. The normalized spacial score (nSPS) is 16.9. The van der Waals surface area contributed by atoms with Crippen molar-refractivity contribution in [2.24, 2.45) is 0 Å². The fourth-order valence-corrected chi connectivity index (χ4v) is 3.83. The van der Waals surface area contributed by atoms with Gasteiger partial charge in [0.1, 0.15) is 4.32 Å². The average Bonchev–Trinajstić information content (AvgIpc) is 2.70. The number of methoxy groups -OCH3 is 1. The second-order valence-corrected chi connectivity index (χ2v) is 7.22. The Morgan fingerprint density at radius 2 is 2.24 bits per heavy atom. The maximum absolute atomic E-state index is 12.3. The van der Waals surface area contributed by atoms with Crippen LogP contribution in [0.3, 0.4) is 0 Å². The number of amides is 1. The monoisotopic (exact) mass is 435 g/mol. The molecule has 1 aromatic carbocycles. The predicted octanol–water partition coefficient (Wildman–Crippen LogP) is 3.62. The van der Waals surface area contributed by atoms with Crippen LogP contribution in [0.15, 0.2) is 17.0 Å². The van der Waals surface area contributed by atoms with Gasteiger partial charge in [-0.2, -0.15) is 0 Å². The van der Waals surface area contributed by atoms with Crippen molar-refractivity contribution >= 4 is 62.9 Å². The van der Waals surface area contributed by atoms with E-state index >= 15 is 0 Å². The van der Waals surface area contributed by atoms with Crippen LogP contribution < -0.4 is 4.74 Å². The third-order valence-corrected chi connectivity index (χ3v) is 5.09. The molecule has 1 saturated heterocycles. The summed E-state index contributed by atoms with van der Waals surface area (Å²) in [6, 6.07) is 3.49. The number of aromatic hydroxyl groups is 1. The number of carbonyl (C=O) groups is 1. The van der Waals surface area contributed by atoms with Crippen molar-refractivity contribution in [3.8, 4) is 11.5 Å². The lowest BCUT2D eigenvalue weighted by Gasteiger charge is -2.12. The Balaban J connectivity index is 2.35.